The van der Waals surface area contributed by atoms with Gasteiger partial charge >= 0.3 is 0 Å². The van der Waals surface area contributed by atoms with E-state index in [1.54, 1.807) is 17.1 Å². The Bertz CT molecular complexity index is 1180. The lowest BCUT2D eigenvalue weighted by Crippen LogP contribution is -2.31. The number of benzene rings is 3. The molecular formula is C24H19FN4O. The molecule has 1 aliphatic rings. The molecule has 0 N–H and O–H groups in total. The molecule has 0 spiro atoms. The van der Waals surface area contributed by atoms with Crippen molar-refractivity contribution < 1.29 is 9.13 Å². The van der Waals surface area contributed by atoms with Crippen molar-refractivity contribution >= 4 is 5.90 Å². The molecule has 5 rings (SSSR count). The second kappa shape index (κ2) is 7.55. The summed E-state index contributed by atoms with van der Waals surface area (Å²) in [4.78, 5) is 8.95. The first-order valence-corrected chi connectivity index (χ1v) is 9.69. The lowest BCUT2D eigenvalue weighted by Gasteiger charge is -2.24. The lowest BCUT2D eigenvalue weighted by molar-refractivity contribution is 0.230. The number of nitrogens with zero attached hydrogens (tertiary/aromatic N) is 4. The van der Waals surface area contributed by atoms with E-state index < -0.39 is 5.54 Å². The summed E-state index contributed by atoms with van der Waals surface area (Å²) in [5, 5.41) is 4.23. The first-order valence-electron chi connectivity index (χ1n) is 9.69. The van der Waals surface area contributed by atoms with E-state index in [1.807, 2.05) is 66.7 Å². The molecule has 0 saturated carbocycles. The Labute approximate surface area is 173 Å². The first kappa shape index (κ1) is 18.2. The highest BCUT2D eigenvalue weighted by Crippen LogP contribution is 2.34. The highest BCUT2D eigenvalue weighted by Gasteiger charge is 2.39. The largest absolute Gasteiger partial charge is 0.474 e. The number of aliphatic imine (C=N–C) groups is 1. The van der Waals surface area contributed by atoms with E-state index in [-0.39, 0.29) is 5.82 Å². The molecule has 0 aliphatic carbocycles. The van der Waals surface area contributed by atoms with Crippen LogP contribution in [0.1, 0.15) is 11.1 Å². The van der Waals surface area contributed by atoms with Gasteiger partial charge in [0.05, 0.1) is 6.54 Å². The van der Waals surface area contributed by atoms with Crippen LogP contribution in [0, 0.1) is 5.82 Å². The Hall–Kier alpha value is -3.80. The van der Waals surface area contributed by atoms with Gasteiger partial charge in [0, 0.05) is 11.1 Å². The van der Waals surface area contributed by atoms with Crippen LogP contribution in [0.5, 0.6) is 0 Å². The Morgan fingerprint density at radius 2 is 1.70 bits per heavy atom. The van der Waals surface area contributed by atoms with E-state index >= 15 is 0 Å². The van der Waals surface area contributed by atoms with Crippen LogP contribution in [0.15, 0.2) is 96.5 Å². The van der Waals surface area contributed by atoms with Crippen LogP contribution in [0.25, 0.3) is 11.1 Å². The van der Waals surface area contributed by atoms with Crippen molar-refractivity contribution in [3.63, 3.8) is 0 Å². The summed E-state index contributed by atoms with van der Waals surface area (Å²) in [7, 11) is 0. The maximum Gasteiger partial charge on any atom is 0.217 e. The minimum absolute atomic E-state index is 0.307. The monoisotopic (exact) mass is 398 g/mol. The second-order valence-corrected chi connectivity index (χ2v) is 7.26. The molecule has 3 aromatic carbocycles. The van der Waals surface area contributed by atoms with Gasteiger partial charge in [-0.05, 0) is 23.3 Å². The summed E-state index contributed by atoms with van der Waals surface area (Å²) in [6.45, 7) is 0.819. The van der Waals surface area contributed by atoms with Crippen molar-refractivity contribution in [1.29, 1.82) is 0 Å². The van der Waals surface area contributed by atoms with Crippen LogP contribution >= 0.6 is 0 Å². The molecule has 1 atom stereocenters. The number of rotatable bonds is 5. The van der Waals surface area contributed by atoms with Crippen molar-refractivity contribution in [3.8, 4) is 11.1 Å². The Balaban J connectivity index is 1.52. The zero-order chi connectivity index (χ0) is 20.4. The third kappa shape index (κ3) is 3.37. The highest BCUT2D eigenvalue weighted by molar-refractivity contribution is 5.96. The third-order valence-corrected chi connectivity index (χ3v) is 5.27. The fourth-order valence-corrected chi connectivity index (χ4v) is 3.75. The average molecular weight is 398 g/mol. The molecule has 1 aromatic heterocycles. The normalized spacial score (nSPS) is 18.1. The van der Waals surface area contributed by atoms with Crippen LogP contribution in [0.2, 0.25) is 0 Å². The van der Waals surface area contributed by atoms with E-state index in [9.17, 15) is 4.39 Å². The van der Waals surface area contributed by atoms with Gasteiger partial charge in [-0.2, -0.15) is 5.10 Å². The maximum atomic E-state index is 14.9. The van der Waals surface area contributed by atoms with Crippen molar-refractivity contribution in [2.24, 2.45) is 4.99 Å². The number of halogens is 1. The van der Waals surface area contributed by atoms with Gasteiger partial charge in [-0.3, -0.25) is 4.68 Å². The first-order chi connectivity index (χ1) is 14.7. The summed E-state index contributed by atoms with van der Waals surface area (Å²) >= 11 is 0. The number of hydrogen-bond donors (Lipinski definition) is 0. The zero-order valence-corrected chi connectivity index (χ0v) is 16.1. The highest BCUT2D eigenvalue weighted by atomic mass is 19.1. The summed E-state index contributed by atoms with van der Waals surface area (Å²) in [6, 6.07) is 24.5. The second-order valence-electron chi connectivity index (χ2n) is 7.26. The molecule has 0 fully saturated rings. The van der Waals surface area contributed by atoms with Gasteiger partial charge in [0.15, 0.2) is 0 Å². The smallest absolute Gasteiger partial charge is 0.217 e. The summed E-state index contributed by atoms with van der Waals surface area (Å²) in [6.07, 6.45) is 3.16. The van der Waals surface area contributed by atoms with E-state index in [0.717, 1.165) is 11.1 Å². The number of ether oxygens (including phenoxy) is 1. The fourth-order valence-electron chi connectivity index (χ4n) is 3.75. The van der Waals surface area contributed by atoms with Crippen molar-refractivity contribution in [2.45, 2.75) is 12.1 Å². The summed E-state index contributed by atoms with van der Waals surface area (Å²) in [5.41, 5.74) is 2.36. The molecule has 30 heavy (non-hydrogen) atoms. The molecule has 2 heterocycles. The summed E-state index contributed by atoms with van der Waals surface area (Å²) < 4.78 is 22.6. The molecule has 0 radical (unpaired) electrons. The Morgan fingerprint density at radius 1 is 0.933 bits per heavy atom. The van der Waals surface area contributed by atoms with Gasteiger partial charge in [-0.1, -0.05) is 66.7 Å². The van der Waals surface area contributed by atoms with Gasteiger partial charge in [-0.15, -0.1) is 0 Å². The SMILES string of the molecule is Fc1cc(C2=NC(Cn3cncn3)(c3ccccc3)CO2)ccc1-c1ccccc1. The molecule has 1 aliphatic heterocycles. The van der Waals surface area contributed by atoms with Crippen LogP contribution in [-0.2, 0) is 16.8 Å². The number of aromatic nitrogens is 3. The average Bonchev–Trinajstić information content (AvgIpc) is 3.46. The van der Waals surface area contributed by atoms with Crippen LogP contribution in [0.4, 0.5) is 4.39 Å². The van der Waals surface area contributed by atoms with Crippen molar-refractivity contribution in [1.82, 2.24) is 14.8 Å². The molecule has 1 unspecified atom stereocenters. The van der Waals surface area contributed by atoms with Gasteiger partial charge in [0.25, 0.3) is 0 Å². The minimum Gasteiger partial charge on any atom is -0.474 e. The van der Waals surface area contributed by atoms with Gasteiger partial charge in [0.1, 0.15) is 30.6 Å². The van der Waals surface area contributed by atoms with Gasteiger partial charge in [0.2, 0.25) is 5.90 Å². The van der Waals surface area contributed by atoms with Crippen molar-refractivity contribution in [2.75, 3.05) is 6.61 Å². The minimum atomic E-state index is -0.654. The van der Waals surface area contributed by atoms with Crippen molar-refractivity contribution in [3.05, 3.63) is 108 Å². The predicted octanol–water partition coefficient (Wildman–Crippen LogP) is 4.46. The quantitative estimate of drug-likeness (QED) is 0.499. The fraction of sp³-hybridized carbons (Fsp3) is 0.125. The predicted molar refractivity (Wildman–Crippen MR) is 112 cm³/mol. The molecular weight excluding hydrogens is 379 g/mol. The molecule has 0 amide bonds. The van der Waals surface area contributed by atoms with E-state index in [0.29, 0.717) is 30.2 Å². The molecule has 5 nitrogen and oxygen atoms in total. The molecule has 148 valence electrons. The molecule has 0 saturated heterocycles. The Morgan fingerprint density at radius 3 is 2.40 bits per heavy atom. The zero-order valence-electron chi connectivity index (χ0n) is 16.1. The van der Waals surface area contributed by atoms with Crippen LogP contribution < -0.4 is 0 Å². The molecule has 6 heteroatoms. The van der Waals surface area contributed by atoms with Gasteiger partial charge < -0.3 is 4.74 Å². The molecule has 4 aromatic rings. The van der Waals surface area contributed by atoms with E-state index in [2.05, 4.69) is 10.1 Å². The van der Waals surface area contributed by atoms with Gasteiger partial charge in [-0.25, -0.2) is 14.4 Å². The number of hydrogen-bond acceptors (Lipinski definition) is 4. The van der Waals surface area contributed by atoms with Crippen LogP contribution in [-0.4, -0.2) is 27.3 Å². The van der Waals surface area contributed by atoms with E-state index in [4.69, 9.17) is 9.73 Å². The lowest BCUT2D eigenvalue weighted by atomic mass is 9.91. The van der Waals surface area contributed by atoms with E-state index in [1.165, 1.54) is 12.4 Å². The topological polar surface area (TPSA) is 52.3 Å². The van der Waals surface area contributed by atoms with Crippen LogP contribution in [0.3, 0.4) is 0 Å². The maximum absolute atomic E-state index is 14.9. The molecule has 0 bridgehead atoms. The standard InChI is InChI=1S/C24H19FN4O/c25-22-13-19(11-12-21(22)18-7-3-1-4-8-18)23-28-24(15-30-23,14-29-17-26-16-27-29)20-9-5-2-6-10-20/h1-13,16-17H,14-15H2. The Kier molecular flexibility index (Phi) is 4.59. The summed E-state index contributed by atoms with van der Waals surface area (Å²) in [5.74, 6) is 0.121. The third-order valence-electron chi connectivity index (χ3n) is 5.27.